The van der Waals surface area contributed by atoms with Crippen LogP contribution in [0.4, 0.5) is 5.69 Å². The Morgan fingerprint density at radius 3 is 2.38 bits per heavy atom. The predicted octanol–water partition coefficient (Wildman–Crippen LogP) is 3.61. The number of halogens is 1. The highest BCUT2D eigenvalue weighted by Gasteiger charge is 2.36. The fraction of sp³-hybridized carbons (Fsp3) is 0.158. The normalized spacial score (nSPS) is 16.3. The number of aryl methyl sites for hydroxylation is 1. The van der Waals surface area contributed by atoms with E-state index >= 15 is 0 Å². The SMILES string of the molecule is COc1ccc(NC2=C(Cl)C(=O)OC2OC(=O)c2ccc(C)cc2)cc1. The number of hydrogen-bond acceptors (Lipinski definition) is 6. The van der Waals surface area contributed by atoms with Gasteiger partial charge in [-0.05, 0) is 43.3 Å². The van der Waals surface area contributed by atoms with Gasteiger partial charge in [0.15, 0.2) is 5.03 Å². The van der Waals surface area contributed by atoms with Gasteiger partial charge in [-0.3, -0.25) is 0 Å². The number of carbonyl (C=O) groups is 2. The Kier molecular flexibility index (Phi) is 5.14. The van der Waals surface area contributed by atoms with E-state index < -0.39 is 18.2 Å². The van der Waals surface area contributed by atoms with Gasteiger partial charge in [0.2, 0.25) is 0 Å². The Bertz CT molecular complexity index is 859. The molecule has 1 N–H and O–H groups in total. The maximum Gasteiger partial charge on any atom is 0.355 e. The van der Waals surface area contributed by atoms with E-state index in [-0.39, 0.29) is 10.7 Å². The van der Waals surface area contributed by atoms with E-state index in [0.29, 0.717) is 17.0 Å². The molecule has 26 heavy (non-hydrogen) atoms. The van der Waals surface area contributed by atoms with Gasteiger partial charge in [0.1, 0.15) is 11.4 Å². The first-order valence-corrected chi connectivity index (χ1v) is 8.15. The molecule has 0 bridgehead atoms. The lowest BCUT2D eigenvalue weighted by Gasteiger charge is -2.16. The Labute approximate surface area is 155 Å². The lowest BCUT2D eigenvalue weighted by molar-refractivity contribution is -0.152. The number of benzene rings is 2. The second-order valence-corrected chi connectivity index (χ2v) is 5.97. The standard InChI is InChI=1S/C19H16ClNO5/c1-11-3-5-12(6-4-11)17(22)25-19-16(15(20)18(23)26-19)21-13-7-9-14(24-2)10-8-13/h3-10,19,21H,1-2H3. The first kappa shape index (κ1) is 17.8. The van der Waals surface area contributed by atoms with Crippen LogP contribution >= 0.6 is 11.6 Å². The molecule has 7 heteroatoms. The summed E-state index contributed by atoms with van der Waals surface area (Å²) in [6, 6.07) is 13.8. The fourth-order valence-electron chi connectivity index (χ4n) is 2.30. The summed E-state index contributed by atoms with van der Waals surface area (Å²) in [6.45, 7) is 1.91. The molecule has 1 aliphatic rings. The summed E-state index contributed by atoms with van der Waals surface area (Å²) in [5.41, 5.74) is 2.16. The number of anilines is 1. The fourth-order valence-corrected chi connectivity index (χ4v) is 2.48. The van der Waals surface area contributed by atoms with Crippen LogP contribution in [0.3, 0.4) is 0 Å². The van der Waals surface area contributed by atoms with Crippen molar-refractivity contribution >= 4 is 29.2 Å². The maximum absolute atomic E-state index is 12.3. The molecule has 0 fully saturated rings. The van der Waals surface area contributed by atoms with Gasteiger partial charge in [-0.1, -0.05) is 29.3 Å². The molecule has 0 radical (unpaired) electrons. The molecule has 3 rings (SSSR count). The minimum absolute atomic E-state index is 0.164. The van der Waals surface area contributed by atoms with E-state index in [9.17, 15) is 9.59 Å². The zero-order valence-electron chi connectivity index (χ0n) is 14.1. The van der Waals surface area contributed by atoms with Crippen LogP contribution in [-0.4, -0.2) is 25.3 Å². The molecule has 2 aromatic carbocycles. The van der Waals surface area contributed by atoms with Crippen molar-refractivity contribution in [2.75, 3.05) is 12.4 Å². The highest BCUT2D eigenvalue weighted by atomic mass is 35.5. The minimum atomic E-state index is -1.24. The first-order chi connectivity index (χ1) is 12.5. The summed E-state index contributed by atoms with van der Waals surface area (Å²) in [4.78, 5) is 24.1. The van der Waals surface area contributed by atoms with Crippen LogP contribution in [0.2, 0.25) is 0 Å². The van der Waals surface area contributed by atoms with Gasteiger partial charge in [0, 0.05) is 5.69 Å². The van der Waals surface area contributed by atoms with Crippen molar-refractivity contribution in [2.45, 2.75) is 13.2 Å². The van der Waals surface area contributed by atoms with Gasteiger partial charge in [0.25, 0.3) is 6.29 Å². The van der Waals surface area contributed by atoms with Crippen LogP contribution in [-0.2, 0) is 14.3 Å². The summed E-state index contributed by atoms with van der Waals surface area (Å²) in [5.74, 6) is -0.704. The van der Waals surface area contributed by atoms with Crippen molar-refractivity contribution in [3.8, 4) is 5.75 Å². The van der Waals surface area contributed by atoms with Crippen LogP contribution in [0.25, 0.3) is 0 Å². The average molecular weight is 374 g/mol. The van der Waals surface area contributed by atoms with Gasteiger partial charge >= 0.3 is 11.9 Å². The quantitative estimate of drug-likeness (QED) is 0.807. The molecule has 1 atom stereocenters. The van der Waals surface area contributed by atoms with Gasteiger partial charge in [-0.2, -0.15) is 0 Å². The first-order valence-electron chi connectivity index (χ1n) is 7.77. The summed E-state index contributed by atoms with van der Waals surface area (Å²) >= 11 is 6.01. The van der Waals surface area contributed by atoms with Gasteiger partial charge in [-0.25, -0.2) is 9.59 Å². The number of cyclic esters (lactones) is 1. The summed E-state index contributed by atoms with van der Waals surface area (Å²) in [6.07, 6.45) is -1.24. The van der Waals surface area contributed by atoms with Gasteiger partial charge in [-0.15, -0.1) is 0 Å². The van der Waals surface area contributed by atoms with E-state index in [1.165, 1.54) is 0 Å². The van der Waals surface area contributed by atoms with E-state index in [2.05, 4.69) is 5.32 Å². The number of methoxy groups -OCH3 is 1. The number of hydrogen-bond donors (Lipinski definition) is 1. The Balaban J connectivity index is 1.76. The van der Waals surface area contributed by atoms with Crippen LogP contribution in [0.15, 0.2) is 59.3 Å². The van der Waals surface area contributed by atoms with Crippen LogP contribution < -0.4 is 10.1 Å². The molecule has 134 valence electrons. The number of rotatable bonds is 5. The average Bonchev–Trinajstić information content (AvgIpc) is 2.90. The zero-order chi connectivity index (χ0) is 18.7. The second-order valence-electron chi connectivity index (χ2n) is 5.59. The molecule has 2 aromatic rings. The summed E-state index contributed by atoms with van der Waals surface area (Å²) in [7, 11) is 1.56. The van der Waals surface area contributed by atoms with Crippen molar-refractivity contribution < 1.29 is 23.8 Å². The molecule has 1 aliphatic heterocycles. The smallest absolute Gasteiger partial charge is 0.355 e. The minimum Gasteiger partial charge on any atom is -0.497 e. The Morgan fingerprint density at radius 1 is 1.12 bits per heavy atom. The van der Waals surface area contributed by atoms with E-state index in [1.54, 1.807) is 55.6 Å². The van der Waals surface area contributed by atoms with Crippen molar-refractivity contribution in [1.82, 2.24) is 0 Å². The van der Waals surface area contributed by atoms with Crippen molar-refractivity contribution in [3.63, 3.8) is 0 Å². The van der Waals surface area contributed by atoms with E-state index in [0.717, 1.165) is 5.56 Å². The van der Waals surface area contributed by atoms with Crippen molar-refractivity contribution in [1.29, 1.82) is 0 Å². The Hall–Kier alpha value is -2.99. The molecule has 0 aromatic heterocycles. The predicted molar refractivity (Wildman–Crippen MR) is 96.0 cm³/mol. The van der Waals surface area contributed by atoms with Crippen LogP contribution in [0.5, 0.6) is 5.75 Å². The van der Waals surface area contributed by atoms with Crippen LogP contribution in [0, 0.1) is 6.92 Å². The van der Waals surface area contributed by atoms with Crippen molar-refractivity contribution in [2.24, 2.45) is 0 Å². The summed E-state index contributed by atoms with van der Waals surface area (Å²) in [5, 5.41) is 2.79. The molecule has 0 amide bonds. The molecular weight excluding hydrogens is 358 g/mol. The third-order valence-electron chi connectivity index (χ3n) is 3.74. The van der Waals surface area contributed by atoms with Crippen molar-refractivity contribution in [3.05, 3.63) is 70.4 Å². The molecule has 0 saturated carbocycles. The lowest BCUT2D eigenvalue weighted by atomic mass is 10.1. The molecule has 0 aliphatic carbocycles. The third kappa shape index (κ3) is 3.81. The van der Waals surface area contributed by atoms with Gasteiger partial charge in [0.05, 0.1) is 12.7 Å². The Morgan fingerprint density at radius 2 is 1.77 bits per heavy atom. The second kappa shape index (κ2) is 7.49. The molecule has 0 saturated heterocycles. The number of nitrogens with one attached hydrogen (secondary N) is 1. The molecule has 6 nitrogen and oxygen atoms in total. The van der Waals surface area contributed by atoms with Gasteiger partial charge < -0.3 is 19.5 Å². The highest BCUT2D eigenvalue weighted by Crippen LogP contribution is 2.29. The highest BCUT2D eigenvalue weighted by molar-refractivity contribution is 6.42. The molecule has 1 heterocycles. The monoisotopic (exact) mass is 373 g/mol. The number of esters is 2. The summed E-state index contributed by atoms with van der Waals surface area (Å²) < 4.78 is 15.4. The zero-order valence-corrected chi connectivity index (χ0v) is 14.9. The molecular formula is C19H16ClNO5. The number of carbonyl (C=O) groups excluding carboxylic acids is 2. The van der Waals surface area contributed by atoms with E-state index in [1.807, 2.05) is 6.92 Å². The largest absolute Gasteiger partial charge is 0.497 e. The maximum atomic E-state index is 12.3. The van der Waals surface area contributed by atoms with Crippen LogP contribution in [0.1, 0.15) is 15.9 Å². The van der Waals surface area contributed by atoms with E-state index in [4.69, 9.17) is 25.8 Å². The lowest BCUT2D eigenvalue weighted by Crippen LogP contribution is -2.24. The number of ether oxygens (including phenoxy) is 3. The topological polar surface area (TPSA) is 73.9 Å². The molecule has 1 unspecified atom stereocenters. The third-order valence-corrected chi connectivity index (χ3v) is 4.09. The molecule has 0 spiro atoms.